The third-order valence-electron chi connectivity index (χ3n) is 6.44. The van der Waals surface area contributed by atoms with Gasteiger partial charge in [-0.25, -0.2) is 0 Å². The van der Waals surface area contributed by atoms with Gasteiger partial charge in [0.1, 0.15) is 5.78 Å². The Balaban J connectivity index is 1.73. The molecule has 110 valence electrons. The Labute approximate surface area is 126 Å². The lowest BCUT2D eigenvalue weighted by Gasteiger charge is -2.52. The van der Waals surface area contributed by atoms with E-state index in [0.29, 0.717) is 35.9 Å². The van der Waals surface area contributed by atoms with Crippen LogP contribution in [0.15, 0.2) is 36.0 Å². The van der Waals surface area contributed by atoms with Gasteiger partial charge in [0.05, 0.1) is 0 Å². The Kier molecular flexibility index (Phi) is 2.70. The van der Waals surface area contributed by atoms with E-state index >= 15 is 0 Å². The molecule has 0 unspecified atom stereocenters. The second-order valence-electron chi connectivity index (χ2n) is 7.57. The highest BCUT2D eigenvalue weighted by Crippen LogP contribution is 2.59. The Hall–Kier alpha value is -1.44. The summed E-state index contributed by atoms with van der Waals surface area (Å²) in [6.45, 7) is 6.47. The first kappa shape index (κ1) is 13.2. The summed E-state index contributed by atoms with van der Waals surface area (Å²) in [5.41, 5.74) is 2.35. The van der Waals surface area contributed by atoms with Crippen LogP contribution in [-0.4, -0.2) is 11.6 Å². The molecule has 2 nitrogen and oxygen atoms in total. The van der Waals surface area contributed by atoms with Gasteiger partial charge in [-0.2, -0.15) is 0 Å². The molecule has 0 bridgehead atoms. The summed E-state index contributed by atoms with van der Waals surface area (Å²) in [5.74, 6) is 2.50. The maximum atomic E-state index is 12.3. The fourth-order valence-corrected chi connectivity index (χ4v) is 5.44. The lowest BCUT2D eigenvalue weighted by atomic mass is 9.51. The zero-order chi connectivity index (χ0) is 14.8. The van der Waals surface area contributed by atoms with Gasteiger partial charge in [-0.15, -0.1) is 0 Å². The minimum absolute atomic E-state index is 0.256. The standard InChI is InChI=1S/C19H22O2/c1-11-10-19(2)16(7-8-17(19)21)15-5-3-12-9-13(20)4-6-14(12)18(11)15/h3,7-8,14-16,18H,1,4-6,9-10H2,2H3/t14-,15-,16-,18+,19-/m0/s1. The zero-order valence-electron chi connectivity index (χ0n) is 12.6. The number of rotatable bonds is 0. The monoisotopic (exact) mass is 282 g/mol. The van der Waals surface area contributed by atoms with Crippen LogP contribution in [0.5, 0.6) is 0 Å². The van der Waals surface area contributed by atoms with Gasteiger partial charge in [0.15, 0.2) is 5.78 Å². The third kappa shape index (κ3) is 1.71. The molecule has 0 heterocycles. The summed E-state index contributed by atoms with van der Waals surface area (Å²) in [6, 6.07) is 0. The van der Waals surface area contributed by atoms with Gasteiger partial charge in [-0.05, 0) is 49.0 Å². The van der Waals surface area contributed by atoms with Crippen molar-refractivity contribution < 1.29 is 9.59 Å². The molecule has 2 fully saturated rings. The average molecular weight is 282 g/mol. The lowest BCUT2D eigenvalue weighted by molar-refractivity contribution is -0.126. The van der Waals surface area contributed by atoms with Crippen molar-refractivity contribution in [2.24, 2.45) is 29.1 Å². The molecule has 4 rings (SSSR count). The average Bonchev–Trinajstić information content (AvgIpc) is 2.74. The molecule has 4 aliphatic rings. The maximum Gasteiger partial charge on any atom is 0.162 e. The number of hydrogen-bond acceptors (Lipinski definition) is 2. The molecule has 0 saturated heterocycles. The molecule has 21 heavy (non-hydrogen) atoms. The van der Waals surface area contributed by atoms with Crippen LogP contribution >= 0.6 is 0 Å². The molecule has 0 aliphatic heterocycles. The summed E-state index contributed by atoms with van der Waals surface area (Å²) < 4.78 is 0. The van der Waals surface area contributed by atoms with Gasteiger partial charge in [0.25, 0.3) is 0 Å². The Bertz CT molecular complexity index is 609. The molecule has 0 amide bonds. The number of ketones is 2. The largest absolute Gasteiger partial charge is 0.299 e. The topological polar surface area (TPSA) is 34.1 Å². The molecule has 5 atom stereocenters. The Morgan fingerprint density at radius 3 is 2.95 bits per heavy atom. The summed E-state index contributed by atoms with van der Waals surface area (Å²) in [4.78, 5) is 24.0. The van der Waals surface area contributed by atoms with E-state index in [9.17, 15) is 9.59 Å². The van der Waals surface area contributed by atoms with Crippen molar-refractivity contribution in [3.8, 4) is 0 Å². The van der Waals surface area contributed by atoms with E-state index in [2.05, 4.69) is 25.7 Å². The van der Waals surface area contributed by atoms with Crippen molar-refractivity contribution in [2.45, 2.75) is 39.0 Å². The smallest absolute Gasteiger partial charge is 0.162 e. The van der Waals surface area contributed by atoms with Crippen LogP contribution < -0.4 is 0 Å². The molecule has 0 aromatic heterocycles. The van der Waals surface area contributed by atoms with Gasteiger partial charge in [-0.1, -0.05) is 36.8 Å². The second kappa shape index (κ2) is 4.28. The van der Waals surface area contributed by atoms with Crippen molar-refractivity contribution in [2.75, 3.05) is 0 Å². The maximum absolute atomic E-state index is 12.3. The molecule has 2 saturated carbocycles. The van der Waals surface area contributed by atoms with E-state index in [4.69, 9.17) is 0 Å². The van der Waals surface area contributed by atoms with Gasteiger partial charge in [-0.3, -0.25) is 9.59 Å². The summed E-state index contributed by atoms with van der Waals surface area (Å²) in [5, 5.41) is 0. The van der Waals surface area contributed by atoms with Gasteiger partial charge < -0.3 is 0 Å². The molecular weight excluding hydrogens is 260 g/mol. The normalized spacial score (nSPS) is 45.0. The molecule has 2 heteroatoms. The van der Waals surface area contributed by atoms with Gasteiger partial charge >= 0.3 is 0 Å². The van der Waals surface area contributed by atoms with E-state index in [-0.39, 0.29) is 11.2 Å². The molecule has 4 aliphatic carbocycles. The molecule has 0 aromatic carbocycles. The third-order valence-corrected chi connectivity index (χ3v) is 6.44. The molecule has 0 aromatic rings. The highest BCUT2D eigenvalue weighted by atomic mass is 16.1. The number of fused-ring (bicyclic) bond motifs is 5. The molecule has 0 spiro atoms. The minimum atomic E-state index is -0.256. The second-order valence-corrected chi connectivity index (χ2v) is 7.57. The number of carbonyl (C=O) groups is 2. The molecular formula is C19H22O2. The zero-order valence-corrected chi connectivity index (χ0v) is 12.6. The van der Waals surface area contributed by atoms with Gasteiger partial charge in [0, 0.05) is 18.3 Å². The predicted octanol–water partition coefficient (Wildman–Crippen LogP) is 3.64. The summed E-state index contributed by atoms with van der Waals surface area (Å²) >= 11 is 0. The number of Topliss-reactive ketones (excluding diaryl/α,β-unsaturated/α-hetero) is 1. The van der Waals surface area contributed by atoms with Crippen LogP contribution in [0.25, 0.3) is 0 Å². The number of carbonyl (C=O) groups excluding carboxylic acids is 2. The Morgan fingerprint density at radius 2 is 2.14 bits per heavy atom. The van der Waals surface area contributed by atoms with Crippen LogP contribution in [0.1, 0.15) is 39.0 Å². The fraction of sp³-hybridized carbons (Fsp3) is 0.579. The first-order valence-corrected chi connectivity index (χ1v) is 8.11. The fourth-order valence-electron chi connectivity index (χ4n) is 5.44. The predicted molar refractivity (Wildman–Crippen MR) is 81.5 cm³/mol. The number of allylic oxidation sites excluding steroid dienone is 5. The van der Waals surface area contributed by atoms with E-state index in [1.54, 1.807) is 6.08 Å². The van der Waals surface area contributed by atoms with Crippen LogP contribution in [0, 0.1) is 29.1 Å². The van der Waals surface area contributed by atoms with Crippen molar-refractivity contribution in [1.82, 2.24) is 0 Å². The lowest BCUT2D eigenvalue weighted by Crippen LogP contribution is -2.47. The first-order chi connectivity index (χ1) is 10.0. The van der Waals surface area contributed by atoms with Crippen LogP contribution in [0.2, 0.25) is 0 Å². The van der Waals surface area contributed by atoms with E-state index in [0.717, 1.165) is 25.7 Å². The SMILES string of the molecule is C=C1C[C@]2(C)C(=O)C=C[C@H]2[C@@H]2CC=C3CC(=O)CC[C@@H]3[C@@H]12. The van der Waals surface area contributed by atoms with Crippen molar-refractivity contribution in [3.63, 3.8) is 0 Å². The van der Waals surface area contributed by atoms with Crippen molar-refractivity contribution >= 4 is 11.6 Å². The van der Waals surface area contributed by atoms with Crippen LogP contribution in [0.4, 0.5) is 0 Å². The Morgan fingerprint density at radius 1 is 1.33 bits per heavy atom. The summed E-state index contributed by atoms with van der Waals surface area (Å²) in [7, 11) is 0. The van der Waals surface area contributed by atoms with Crippen LogP contribution in [-0.2, 0) is 9.59 Å². The van der Waals surface area contributed by atoms with Gasteiger partial charge in [0.2, 0.25) is 0 Å². The van der Waals surface area contributed by atoms with E-state index in [1.807, 2.05) is 0 Å². The highest BCUT2D eigenvalue weighted by Gasteiger charge is 2.55. The first-order valence-electron chi connectivity index (χ1n) is 8.11. The van der Waals surface area contributed by atoms with Crippen LogP contribution in [0.3, 0.4) is 0 Å². The minimum Gasteiger partial charge on any atom is -0.299 e. The quantitative estimate of drug-likeness (QED) is 0.636. The number of hydrogen-bond donors (Lipinski definition) is 0. The van der Waals surface area contributed by atoms with Crippen molar-refractivity contribution in [1.29, 1.82) is 0 Å². The highest BCUT2D eigenvalue weighted by molar-refractivity contribution is 5.98. The van der Waals surface area contributed by atoms with E-state index < -0.39 is 0 Å². The summed E-state index contributed by atoms with van der Waals surface area (Å²) in [6.07, 6.45) is 10.4. The van der Waals surface area contributed by atoms with Crippen molar-refractivity contribution in [3.05, 3.63) is 36.0 Å². The molecule has 0 N–H and O–H groups in total. The molecule has 0 radical (unpaired) electrons. The van der Waals surface area contributed by atoms with E-state index in [1.165, 1.54) is 11.1 Å².